The van der Waals surface area contributed by atoms with E-state index in [2.05, 4.69) is 54.5 Å². The van der Waals surface area contributed by atoms with Crippen LogP contribution in [0.4, 0.5) is 0 Å². The monoisotopic (exact) mass is 252 g/mol. The molecule has 18 heavy (non-hydrogen) atoms. The lowest BCUT2D eigenvalue weighted by Gasteiger charge is -2.45. The highest BCUT2D eigenvalue weighted by Gasteiger charge is 2.38. The first kappa shape index (κ1) is 15.2. The maximum absolute atomic E-state index is 4.53. The molecule has 1 aromatic rings. The summed E-state index contributed by atoms with van der Waals surface area (Å²) in [6.45, 7) is 11.2. The van der Waals surface area contributed by atoms with E-state index in [0.29, 0.717) is 0 Å². The van der Waals surface area contributed by atoms with Crippen LogP contribution in [-0.4, -0.2) is 40.1 Å². The minimum atomic E-state index is 0.0807. The van der Waals surface area contributed by atoms with Crippen molar-refractivity contribution in [2.45, 2.75) is 45.7 Å². The number of nitrogens with zero attached hydrogens (tertiary/aromatic N) is 3. The number of rotatable bonds is 7. The van der Waals surface area contributed by atoms with Crippen LogP contribution in [0.1, 0.15) is 46.0 Å². The van der Waals surface area contributed by atoms with Crippen LogP contribution in [0, 0.1) is 0 Å². The molecule has 0 aliphatic heterocycles. The van der Waals surface area contributed by atoms with E-state index in [1.54, 1.807) is 0 Å². The quantitative estimate of drug-likeness (QED) is 0.807. The molecule has 0 spiro atoms. The van der Waals surface area contributed by atoms with Crippen molar-refractivity contribution in [3.63, 3.8) is 0 Å². The molecule has 0 aliphatic rings. The molecule has 1 heterocycles. The predicted octanol–water partition coefficient (Wildman–Crippen LogP) is 2.19. The number of likely N-dealkylation sites (N-methyl/N-ethyl adjacent to an activating group) is 2. The zero-order chi connectivity index (χ0) is 13.8. The highest BCUT2D eigenvalue weighted by Crippen LogP contribution is 2.32. The van der Waals surface area contributed by atoms with Crippen molar-refractivity contribution in [2.24, 2.45) is 7.05 Å². The normalized spacial score (nSPS) is 16.8. The molecule has 0 radical (unpaired) electrons. The summed E-state index contributed by atoms with van der Waals surface area (Å²) < 4.78 is 2.11. The van der Waals surface area contributed by atoms with Gasteiger partial charge in [0.15, 0.2) is 0 Å². The Kier molecular flexibility index (Phi) is 5.35. The summed E-state index contributed by atoms with van der Waals surface area (Å²) in [6, 6.07) is 0.238. The third-order valence-corrected chi connectivity index (χ3v) is 4.23. The van der Waals surface area contributed by atoms with E-state index in [1.807, 2.05) is 19.4 Å². The van der Waals surface area contributed by atoms with Crippen molar-refractivity contribution >= 4 is 0 Å². The summed E-state index contributed by atoms with van der Waals surface area (Å²) in [5.74, 6) is 1.11. The number of aryl methyl sites for hydroxylation is 1. The lowest BCUT2D eigenvalue weighted by atomic mass is 9.86. The maximum atomic E-state index is 4.53. The van der Waals surface area contributed by atoms with Gasteiger partial charge in [-0.15, -0.1) is 0 Å². The van der Waals surface area contributed by atoms with Crippen molar-refractivity contribution in [1.82, 2.24) is 19.8 Å². The maximum Gasteiger partial charge on any atom is 0.127 e. The van der Waals surface area contributed by atoms with Gasteiger partial charge in [-0.1, -0.05) is 20.8 Å². The second-order valence-electron chi connectivity index (χ2n) is 5.00. The summed E-state index contributed by atoms with van der Waals surface area (Å²) in [5, 5.41) is 3.46. The summed E-state index contributed by atoms with van der Waals surface area (Å²) in [5.41, 5.74) is 0.0807. The van der Waals surface area contributed by atoms with Gasteiger partial charge in [0.25, 0.3) is 0 Å². The lowest BCUT2D eigenvalue weighted by Crippen LogP contribution is -2.54. The Balaban J connectivity index is 3.14. The molecule has 1 rings (SSSR count). The molecule has 0 saturated carbocycles. The van der Waals surface area contributed by atoms with Crippen molar-refractivity contribution < 1.29 is 0 Å². The third kappa shape index (κ3) is 2.59. The molecule has 4 heteroatoms. The van der Waals surface area contributed by atoms with Crippen molar-refractivity contribution in [3.8, 4) is 0 Å². The van der Waals surface area contributed by atoms with E-state index in [4.69, 9.17) is 0 Å². The molecule has 2 unspecified atom stereocenters. The van der Waals surface area contributed by atoms with E-state index >= 15 is 0 Å². The Morgan fingerprint density at radius 2 is 2.00 bits per heavy atom. The molecule has 0 aromatic carbocycles. The highest BCUT2D eigenvalue weighted by molar-refractivity contribution is 5.09. The molecule has 0 saturated heterocycles. The van der Waals surface area contributed by atoms with Gasteiger partial charge in [-0.2, -0.15) is 0 Å². The van der Waals surface area contributed by atoms with Crippen LogP contribution in [0.25, 0.3) is 0 Å². The van der Waals surface area contributed by atoms with Crippen molar-refractivity contribution in [2.75, 3.05) is 20.1 Å². The number of aromatic nitrogens is 2. The molecule has 2 atom stereocenters. The first-order valence-electron chi connectivity index (χ1n) is 6.94. The number of imidazole rings is 1. The standard InChI is InChI=1S/C14H28N4/c1-7-14(4,18(8-2)9-3)12(15-5)13-16-10-11-17(13)6/h10-12,15H,7-9H2,1-6H3. The van der Waals surface area contributed by atoms with Crippen LogP contribution in [0.15, 0.2) is 12.4 Å². The van der Waals surface area contributed by atoms with Gasteiger partial charge in [0, 0.05) is 25.0 Å². The SMILES string of the molecule is CCN(CC)C(C)(CC)C(NC)c1nccn1C. The Bertz CT molecular complexity index is 356. The van der Waals surface area contributed by atoms with Crippen molar-refractivity contribution in [1.29, 1.82) is 0 Å². The third-order valence-electron chi connectivity index (χ3n) is 4.23. The number of hydrogen-bond acceptors (Lipinski definition) is 3. The van der Waals surface area contributed by atoms with Gasteiger partial charge in [-0.05, 0) is 33.5 Å². The zero-order valence-corrected chi connectivity index (χ0v) is 12.7. The Morgan fingerprint density at radius 3 is 2.33 bits per heavy atom. The molecule has 0 amide bonds. The van der Waals surface area contributed by atoms with Crippen LogP contribution in [-0.2, 0) is 7.05 Å². The van der Waals surface area contributed by atoms with Crippen LogP contribution in [0.2, 0.25) is 0 Å². The van der Waals surface area contributed by atoms with E-state index in [-0.39, 0.29) is 11.6 Å². The number of nitrogens with one attached hydrogen (secondary N) is 1. The molecule has 0 aliphatic carbocycles. The van der Waals surface area contributed by atoms with E-state index < -0.39 is 0 Å². The lowest BCUT2D eigenvalue weighted by molar-refractivity contribution is 0.0686. The summed E-state index contributed by atoms with van der Waals surface area (Å²) >= 11 is 0. The summed E-state index contributed by atoms with van der Waals surface area (Å²) in [7, 11) is 4.09. The van der Waals surface area contributed by atoms with E-state index in [9.17, 15) is 0 Å². The first-order valence-corrected chi connectivity index (χ1v) is 6.94. The highest BCUT2D eigenvalue weighted by atomic mass is 15.2. The van der Waals surface area contributed by atoms with Crippen LogP contribution in [0.3, 0.4) is 0 Å². The minimum Gasteiger partial charge on any atom is -0.337 e. The van der Waals surface area contributed by atoms with Crippen LogP contribution < -0.4 is 5.32 Å². The minimum absolute atomic E-state index is 0.0807. The molecule has 4 nitrogen and oxygen atoms in total. The predicted molar refractivity (Wildman–Crippen MR) is 76.6 cm³/mol. The fourth-order valence-electron chi connectivity index (χ4n) is 2.93. The molecule has 1 N–H and O–H groups in total. The van der Waals surface area contributed by atoms with E-state index in [0.717, 1.165) is 25.3 Å². The topological polar surface area (TPSA) is 33.1 Å². The molecular formula is C14H28N4. The average Bonchev–Trinajstić information content (AvgIpc) is 2.78. The Morgan fingerprint density at radius 1 is 1.39 bits per heavy atom. The average molecular weight is 252 g/mol. The molecule has 0 bridgehead atoms. The van der Waals surface area contributed by atoms with Crippen molar-refractivity contribution in [3.05, 3.63) is 18.2 Å². The Labute approximate surface area is 111 Å². The van der Waals surface area contributed by atoms with Gasteiger partial charge in [-0.25, -0.2) is 4.98 Å². The van der Waals surface area contributed by atoms with Gasteiger partial charge in [0.05, 0.1) is 6.04 Å². The van der Waals surface area contributed by atoms with Gasteiger partial charge in [-0.3, -0.25) is 4.90 Å². The fourth-order valence-corrected chi connectivity index (χ4v) is 2.93. The van der Waals surface area contributed by atoms with E-state index in [1.165, 1.54) is 0 Å². The van der Waals surface area contributed by atoms with Crippen LogP contribution >= 0.6 is 0 Å². The molecule has 1 aromatic heterocycles. The summed E-state index contributed by atoms with van der Waals surface area (Å²) in [4.78, 5) is 7.04. The molecule has 104 valence electrons. The molecular weight excluding hydrogens is 224 g/mol. The van der Waals surface area contributed by atoms with Gasteiger partial charge in [0.1, 0.15) is 5.82 Å². The summed E-state index contributed by atoms with van der Waals surface area (Å²) in [6.07, 6.45) is 4.98. The second-order valence-corrected chi connectivity index (χ2v) is 5.00. The van der Waals surface area contributed by atoms with Gasteiger partial charge < -0.3 is 9.88 Å². The fraction of sp³-hybridized carbons (Fsp3) is 0.786. The second kappa shape index (κ2) is 6.34. The smallest absolute Gasteiger partial charge is 0.127 e. The number of hydrogen-bond donors (Lipinski definition) is 1. The van der Waals surface area contributed by atoms with Gasteiger partial charge in [0.2, 0.25) is 0 Å². The molecule has 0 fully saturated rings. The Hall–Kier alpha value is -0.870. The van der Waals surface area contributed by atoms with Crippen LogP contribution in [0.5, 0.6) is 0 Å². The zero-order valence-electron chi connectivity index (χ0n) is 12.7. The largest absolute Gasteiger partial charge is 0.337 e. The first-order chi connectivity index (χ1) is 8.54. The van der Waals surface area contributed by atoms with Gasteiger partial charge >= 0.3 is 0 Å².